The lowest BCUT2D eigenvalue weighted by Crippen LogP contribution is -2.49. The highest BCUT2D eigenvalue weighted by molar-refractivity contribution is 7.35. The summed E-state index contributed by atoms with van der Waals surface area (Å²) in [6.45, 7) is 9.60. The van der Waals surface area contributed by atoms with E-state index in [9.17, 15) is 0 Å². The summed E-state index contributed by atoms with van der Waals surface area (Å²) in [6.07, 6.45) is 2.08. The molecule has 2 fully saturated rings. The Labute approximate surface area is 112 Å². The predicted octanol–water partition coefficient (Wildman–Crippen LogP) is 1.20. The topological polar surface area (TPSA) is 36.9 Å². The van der Waals surface area contributed by atoms with Crippen LogP contribution in [0, 0.1) is 11.3 Å². The zero-order valence-electron chi connectivity index (χ0n) is 11.7. The fourth-order valence-corrected chi connectivity index (χ4v) is 2.53. The van der Waals surface area contributed by atoms with Crippen molar-refractivity contribution in [3.63, 3.8) is 0 Å². The van der Waals surface area contributed by atoms with Gasteiger partial charge < -0.3 is 18.6 Å². The summed E-state index contributed by atoms with van der Waals surface area (Å²) in [5, 5.41) is 0. The standard InChI is InChI=1S/C11H22B3O4/c1-10-7-11(2,3)9-18-14(17-8-10)12-13-15-5-4-6-16-13/h10H,4-9H2,1-3H3. The molecule has 2 heterocycles. The molecule has 18 heavy (non-hydrogen) atoms. The maximum atomic E-state index is 5.81. The highest BCUT2D eigenvalue weighted by Crippen LogP contribution is 2.28. The van der Waals surface area contributed by atoms with E-state index in [0.717, 1.165) is 32.7 Å². The first-order chi connectivity index (χ1) is 8.55. The van der Waals surface area contributed by atoms with Crippen molar-refractivity contribution < 1.29 is 18.6 Å². The molecule has 1 atom stereocenters. The lowest BCUT2D eigenvalue weighted by Gasteiger charge is -2.33. The predicted molar refractivity (Wildman–Crippen MR) is 73.2 cm³/mol. The van der Waals surface area contributed by atoms with Crippen molar-refractivity contribution in [3.8, 4) is 0 Å². The fraction of sp³-hybridized carbons (Fsp3) is 1.00. The third kappa shape index (κ3) is 4.61. The van der Waals surface area contributed by atoms with Gasteiger partial charge >= 0.3 is 14.0 Å². The van der Waals surface area contributed by atoms with Crippen molar-refractivity contribution in [2.75, 3.05) is 26.4 Å². The highest BCUT2D eigenvalue weighted by atomic mass is 16.6. The molecule has 2 saturated heterocycles. The van der Waals surface area contributed by atoms with Crippen molar-refractivity contribution in [3.05, 3.63) is 0 Å². The van der Waals surface area contributed by atoms with Gasteiger partial charge in [-0.05, 0) is 24.2 Å². The minimum Gasteiger partial charge on any atom is -0.418 e. The smallest absolute Gasteiger partial charge is 0.395 e. The monoisotopic (exact) mass is 251 g/mol. The van der Waals surface area contributed by atoms with E-state index in [0.29, 0.717) is 12.5 Å². The SMILES string of the molecule is CC1COB([B]B2OCCCO2)OCC(C)(C)C1. The van der Waals surface area contributed by atoms with E-state index in [-0.39, 0.29) is 19.4 Å². The van der Waals surface area contributed by atoms with Gasteiger partial charge in [-0.2, -0.15) is 0 Å². The Morgan fingerprint density at radius 2 is 1.72 bits per heavy atom. The minimum absolute atomic E-state index is 0.198. The van der Waals surface area contributed by atoms with Gasteiger partial charge in [0.05, 0.1) is 0 Å². The molecule has 0 bridgehead atoms. The van der Waals surface area contributed by atoms with E-state index in [1.54, 1.807) is 0 Å². The fourth-order valence-electron chi connectivity index (χ4n) is 2.53. The molecule has 1 unspecified atom stereocenters. The van der Waals surface area contributed by atoms with Crippen molar-refractivity contribution >= 4 is 21.1 Å². The van der Waals surface area contributed by atoms with Crippen LogP contribution in [0.3, 0.4) is 0 Å². The maximum absolute atomic E-state index is 5.81. The van der Waals surface area contributed by atoms with E-state index in [1.807, 2.05) is 7.06 Å². The molecule has 1 radical (unpaired) electrons. The van der Waals surface area contributed by atoms with E-state index in [1.165, 1.54) is 0 Å². The lowest BCUT2D eigenvalue weighted by atomic mass is 9.23. The Hall–Kier alpha value is 0.0348. The average molecular weight is 251 g/mol. The zero-order valence-corrected chi connectivity index (χ0v) is 11.7. The quantitative estimate of drug-likeness (QED) is 0.690. The molecular weight excluding hydrogens is 229 g/mol. The molecule has 7 heteroatoms. The molecule has 0 aromatic heterocycles. The van der Waals surface area contributed by atoms with Crippen LogP contribution in [0.2, 0.25) is 0 Å². The molecule has 0 aromatic carbocycles. The molecule has 2 aliphatic rings. The van der Waals surface area contributed by atoms with Crippen molar-refractivity contribution in [1.29, 1.82) is 0 Å². The maximum Gasteiger partial charge on any atom is 0.395 e. The van der Waals surface area contributed by atoms with E-state index in [2.05, 4.69) is 20.8 Å². The highest BCUT2D eigenvalue weighted by Gasteiger charge is 2.36. The van der Waals surface area contributed by atoms with E-state index in [4.69, 9.17) is 18.6 Å². The van der Waals surface area contributed by atoms with Gasteiger partial charge in [-0.1, -0.05) is 20.8 Å². The molecule has 0 N–H and O–H groups in total. The Kier molecular flexibility index (Phi) is 5.19. The normalized spacial score (nSPS) is 29.6. The third-order valence-corrected chi connectivity index (χ3v) is 3.25. The Balaban J connectivity index is 1.83. The van der Waals surface area contributed by atoms with E-state index >= 15 is 0 Å². The van der Waals surface area contributed by atoms with Gasteiger partial charge in [0.2, 0.25) is 7.06 Å². The molecule has 2 aliphatic heterocycles. The van der Waals surface area contributed by atoms with E-state index < -0.39 is 0 Å². The molecular formula is C11H22B3O4. The number of hydrogen-bond acceptors (Lipinski definition) is 4. The van der Waals surface area contributed by atoms with Gasteiger partial charge in [-0.25, -0.2) is 0 Å². The molecule has 99 valence electrons. The second-order valence-electron chi connectivity index (χ2n) is 6.14. The van der Waals surface area contributed by atoms with Gasteiger partial charge in [0, 0.05) is 26.4 Å². The van der Waals surface area contributed by atoms with Crippen LogP contribution >= 0.6 is 0 Å². The summed E-state index contributed by atoms with van der Waals surface area (Å²) in [6, 6.07) is 0. The summed E-state index contributed by atoms with van der Waals surface area (Å²) >= 11 is 0. The molecule has 0 amide bonds. The second-order valence-corrected chi connectivity index (χ2v) is 6.14. The van der Waals surface area contributed by atoms with Crippen LogP contribution in [0.25, 0.3) is 0 Å². The Morgan fingerprint density at radius 1 is 1.06 bits per heavy atom. The molecule has 2 rings (SSSR count). The van der Waals surface area contributed by atoms with Crippen LogP contribution in [0.1, 0.15) is 33.6 Å². The van der Waals surface area contributed by atoms with Gasteiger partial charge in [0.15, 0.2) is 0 Å². The zero-order chi connectivity index (χ0) is 13.0. The number of hydrogen-bond donors (Lipinski definition) is 0. The summed E-state index contributed by atoms with van der Waals surface area (Å²) in [4.78, 5) is 0. The van der Waals surface area contributed by atoms with Crippen LogP contribution in [0.15, 0.2) is 0 Å². The van der Waals surface area contributed by atoms with Crippen molar-refractivity contribution in [1.82, 2.24) is 0 Å². The average Bonchev–Trinajstić information content (AvgIpc) is 2.32. The Morgan fingerprint density at radius 3 is 2.44 bits per heavy atom. The first-order valence-corrected chi connectivity index (χ1v) is 6.87. The molecule has 0 spiro atoms. The molecule has 0 saturated carbocycles. The third-order valence-electron chi connectivity index (χ3n) is 3.25. The first-order valence-electron chi connectivity index (χ1n) is 6.87. The van der Waals surface area contributed by atoms with Crippen molar-refractivity contribution in [2.24, 2.45) is 11.3 Å². The van der Waals surface area contributed by atoms with Crippen molar-refractivity contribution in [2.45, 2.75) is 33.6 Å². The summed E-state index contributed by atoms with van der Waals surface area (Å²) in [7, 11) is 1.27. The van der Waals surface area contributed by atoms with Crippen LogP contribution < -0.4 is 0 Å². The molecule has 4 nitrogen and oxygen atoms in total. The summed E-state index contributed by atoms with van der Waals surface area (Å²) < 4.78 is 22.6. The van der Waals surface area contributed by atoms with Crippen LogP contribution in [-0.2, 0) is 18.6 Å². The van der Waals surface area contributed by atoms with Crippen LogP contribution in [0.4, 0.5) is 0 Å². The molecule has 0 aromatic rings. The van der Waals surface area contributed by atoms with Gasteiger partial charge in [0.1, 0.15) is 0 Å². The Bertz CT molecular complexity index is 259. The minimum atomic E-state index is -0.324. The first kappa shape index (κ1) is 14.4. The second kappa shape index (κ2) is 6.46. The van der Waals surface area contributed by atoms with Gasteiger partial charge in [0.25, 0.3) is 0 Å². The molecule has 0 aliphatic carbocycles. The largest absolute Gasteiger partial charge is 0.418 e. The van der Waals surface area contributed by atoms with Gasteiger partial charge in [-0.15, -0.1) is 0 Å². The van der Waals surface area contributed by atoms with Gasteiger partial charge in [-0.3, -0.25) is 0 Å². The number of rotatable bonds is 2. The lowest BCUT2D eigenvalue weighted by molar-refractivity contribution is 0.0743. The summed E-state index contributed by atoms with van der Waals surface area (Å²) in [5.41, 5.74) is 0.198. The van der Waals surface area contributed by atoms with Crippen LogP contribution in [-0.4, -0.2) is 47.5 Å². The van der Waals surface area contributed by atoms with Crippen LogP contribution in [0.5, 0.6) is 0 Å². The summed E-state index contributed by atoms with van der Waals surface area (Å²) in [5.74, 6) is 0.549.